The van der Waals surface area contributed by atoms with Crippen molar-refractivity contribution < 1.29 is 4.79 Å². The van der Waals surface area contributed by atoms with E-state index in [1.807, 2.05) is 49.4 Å². The van der Waals surface area contributed by atoms with E-state index < -0.39 is 0 Å². The van der Waals surface area contributed by atoms with E-state index in [1.54, 1.807) is 0 Å². The van der Waals surface area contributed by atoms with Gasteiger partial charge in [-0.1, -0.05) is 39.7 Å². The summed E-state index contributed by atoms with van der Waals surface area (Å²) < 4.78 is 1.01. The lowest BCUT2D eigenvalue weighted by molar-refractivity contribution is 0.0954. The lowest BCUT2D eigenvalue weighted by Crippen LogP contribution is -2.25. The molecule has 4 heteroatoms. The van der Waals surface area contributed by atoms with Crippen LogP contribution in [0.25, 0.3) is 0 Å². The van der Waals surface area contributed by atoms with Gasteiger partial charge in [0.15, 0.2) is 0 Å². The van der Waals surface area contributed by atoms with E-state index in [9.17, 15) is 4.79 Å². The number of rotatable bonds is 4. The fraction of sp³-hybridized carbons (Fsp3) is 0.188. The van der Waals surface area contributed by atoms with Crippen LogP contribution in [0.2, 0.25) is 5.02 Å². The van der Waals surface area contributed by atoms with E-state index in [2.05, 4.69) is 21.2 Å². The van der Waals surface area contributed by atoms with E-state index in [1.165, 1.54) is 0 Å². The Kier molecular flexibility index (Phi) is 5.21. The molecule has 1 amide bonds. The summed E-state index contributed by atoms with van der Waals surface area (Å²) in [6.07, 6.45) is 0.766. The molecule has 2 aromatic carbocycles. The topological polar surface area (TPSA) is 29.1 Å². The van der Waals surface area contributed by atoms with Gasteiger partial charge in [-0.15, -0.1) is 0 Å². The van der Waals surface area contributed by atoms with Gasteiger partial charge in [-0.3, -0.25) is 4.79 Å². The van der Waals surface area contributed by atoms with Gasteiger partial charge in [0.05, 0.1) is 0 Å². The zero-order chi connectivity index (χ0) is 14.5. The molecule has 0 spiro atoms. The maximum Gasteiger partial charge on any atom is 0.251 e. The number of nitrogens with one attached hydrogen (secondary N) is 1. The van der Waals surface area contributed by atoms with E-state index in [4.69, 9.17) is 11.6 Å². The molecule has 0 aliphatic rings. The normalized spacial score (nSPS) is 10.3. The van der Waals surface area contributed by atoms with Crippen LogP contribution in [0, 0.1) is 6.92 Å². The van der Waals surface area contributed by atoms with Crippen molar-refractivity contribution in [2.24, 2.45) is 0 Å². The second-order valence-electron chi connectivity index (χ2n) is 4.60. The molecular formula is C16H15BrClNO. The number of amides is 1. The van der Waals surface area contributed by atoms with Crippen LogP contribution in [-0.4, -0.2) is 12.5 Å². The minimum atomic E-state index is -0.0531. The Morgan fingerprint density at radius 3 is 2.75 bits per heavy atom. The molecule has 2 nitrogen and oxygen atoms in total. The highest BCUT2D eigenvalue weighted by molar-refractivity contribution is 9.10. The van der Waals surface area contributed by atoms with Crippen LogP contribution in [-0.2, 0) is 6.42 Å². The SMILES string of the molecule is Cc1cc(C(=O)NCCc2cccc(Cl)c2)ccc1Br. The first kappa shape index (κ1) is 15.1. The van der Waals surface area contributed by atoms with Crippen molar-refractivity contribution in [3.8, 4) is 0 Å². The molecule has 0 bridgehead atoms. The molecule has 20 heavy (non-hydrogen) atoms. The number of hydrogen-bond acceptors (Lipinski definition) is 1. The number of benzene rings is 2. The van der Waals surface area contributed by atoms with Crippen molar-refractivity contribution >= 4 is 33.4 Å². The maximum atomic E-state index is 12.0. The summed E-state index contributed by atoms with van der Waals surface area (Å²) in [6, 6.07) is 13.2. The average Bonchev–Trinajstić information content (AvgIpc) is 2.42. The molecule has 0 aliphatic heterocycles. The van der Waals surface area contributed by atoms with Crippen molar-refractivity contribution in [3.63, 3.8) is 0 Å². The molecule has 2 aromatic rings. The Hall–Kier alpha value is -1.32. The smallest absolute Gasteiger partial charge is 0.251 e. The molecule has 0 heterocycles. The van der Waals surface area contributed by atoms with Crippen LogP contribution < -0.4 is 5.32 Å². The van der Waals surface area contributed by atoms with Crippen LogP contribution in [0.4, 0.5) is 0 Å². The van der Waals surface area contributed by atoms with E-state index in [0.29, 0.717) is 12.1 Å². The van der Waals surface area contributed by atoms with Crippen molar-refractivity contribution in [2.75, 3.05) is 6.54 Å². The molecule has 0 radical (unpaired) electrons. The van der Waals surface area contributed by atoms with Crippen molar-refractivity contribution in [1.82, 2.24) is 5.32 Å². The molecule has 104 valence electrons. The summed E-state index contributed by atoms with van der Waals surface area (Å²) in [5.74, 6) is -0.0531. The van der Waals surface area contributed by atoms with E-state index >= 15 is 0 Å². The number of hydrogen-bond donors (Lipinski definition) is 1. The van der Waals surface area contributed by atoms with Gasteiger partial charge in [0.2, 0.25) is 0 Å². The van der Waals surface area contributed by atoms with Gasteiger partial charge in [0.25, 0.3) is 5.91 Å². The van der Waals surface area contributed by atoms with Crippen LogP contribution in [0.5, 0.6) is 0 Å². The Balaban J connectivity index is 1.90. The van der Waals surface area contributed by atoms with Gasteiger partial charge >= 0.3 is 0 Å². The van der Waals surface area contributed by atoms with Gasteiger partial charge in [-0.05, 0) is 54.8 Å². The predicted octanol–water partition coefficient (Wildman–Crippen LogP) is 4.38. The summed E-state index contributed by atoms with van der Waals surface area (Å²) in [4.78, 5) is 12.0. The number of carbonyl (C=O) groups is 1. The van der Waals surface area contributed by atoms with Crippen molar-refractivity contribution in [2.45, 2.75) is 13.3 Å². The number of halogens is 2. The first-order valence-electron chi connectivity index (χ1n) is 6.35. The van der Waals surface area contributed by atoms with Gasteiger partial charge in [0, 0.05) is 21.6 Å². The summed E-state index contributed by atoms with van der Waals surface area (Å²) in [6.45, 7) is 2.56. The third-order valence-electron chi connectivity index (χ3n) is 3.01. The van der Waals surface area contributed by atoms with Gasteiger partial charge in [0.1, 0.15) is 0 Å². The van der Waals surface area contributed by atoms with E-state index in [-0.39, 0.29) is 5.91 Å². The first-order chi connectivity index (χ1) is 9.56. The molecule has 2 rings (SSSR count). The first-order valence-corrected chi connectivity index (χ1v) is 7.52. The summed E-state index contributed by atoms with van der Waals surface area (Å²) in [5.41, 5.74) is 2.84. The van der Waals surface area contributed by atoms with Crippen molar-refractivity contribution in [1.29, 1.82) is 0 Å². The van der Waals surface area contributed by atoms with Gasteiger partial charge in [-0.25, -0.2) is 0 Å². The van der Waals surface area contributed by atoms with Crippen LogP contribution in [0.15, 0.2) is 46.9 Å². The molecule has 0 saturated carbocycles. The van der Waals surface area contributed by atoms with Gasteiger partial charge < -0.3 is 5.32 Å². The number of carbonyl (C=O) groups excluding carboxylic acids is 1. The predicted molar refractivity (Wildman–Crippen MR) is 86.4 cm³/mol. The zero-order valence-electron chi connectivity index (χ0n) is 11.1. The second kappa shape index (κ2) is 6.91. The molecule has 0 fully saturated rings. The summed E-state index contributed by atoms with van der Waals surface area (Å²) in [7, 11) is 0. The third kappa shape index (κ3) is 4.09. The fourth-order valence-corrected chi connectivity index (χ4v) is 2.36. The largest absolute Gasteiger partial charge is 0.352 e. The molecule has 0 aliphatic carbocycles. The third-order valence-corrected chi connectivity index (χ3v) is 4.13. The molecule has 0 unspecified atom stereocenters. The molecule has 1 N–H and O–H groups in total. The highest BCUT2D eigenvalue weighted by Crippen LogP contribution is 2.17. The standard InChI is InChI=1S/C16H15BrClNO/c1-11-9-13(5-6-15(11)17)16(20)19-8-7-12-3-2-4-14(18)10-12/h2-6,9-10H,7-8H2,1H3,(H,19,20). The summed E-state index contributed by atoms with van der Waals surface area (Å²) in [5, 5.41) is 3.64. The summed E-state index contributed by atoms with van der Waals surface area (Å²) >= 11 is 9.35. The minimum absolute atomic E-state index is 0.0531. The van der Waals surface area contributed by atoms with Crippen LogP contribution >= 0.6 is 27.5 Å². The highest BCUT2D eigenvalue weighted by Gasteiger charge is 2.06. The minimum Gasteiger partial charge on any atom is -0.352 e. The average molecular weight is 353 g/mol. The molecule has 0 aromatic heterocycles. The Labute approximate surface area is 132 Å². The quantitative estimate of drug-likeness (QED) is 0.869. The van der Waals surface area contributed by atoms with Crippen LogP contribution in [0.1, 0.15) is 21.5 Å². The van der Waals surface area contributed by atoms with Crippen molar-refractivity contribution in [3.05, 3.63) is 68.7 Å². The number of aryl methyl sites for hydroxylation is 1. The zero-order valence-corrected chi connectivity index (χ0v) is 13.5. The highest BCUT2D eigenvalue weighted by atomic mass is 79.9. The van der Waals surface area contributed by atoms with Crippen LogP contribution in [0.3, 0.4) is 0 Å². The maximum absolute atomic E-state index is 12.0. The Bertz CT molecular complexity index is 628. The Morgan fingerprint density at radius 2 is 2.05 bits per heavy atom. The second-order valence-corrected chi connectivity index (χ2v) is 5.89. The monoisotopic (exact) mass is 351 g/mol. The molecule has 0 atom stereocenters. The lowest BCUT2D eigenvalue weighted by Gasteiger charge is -2.07. The Morgan fingerprint density at radius 1 is 1.25 bits per heavy atom. The fourth-order valence-electron chi connectivity index (χ4n) is 1.90. The van der Waals surface area contributed by atoms with Gasteiger partial charge in [-0.2, -0.15) is 0 Å². The molecular weight excluding hydrogens is 338 g/mol. The molecule has 0 saturated heterocycles. The lowest BCUT2D eigenvalue weighted by atomic mass is 10.1. The van der Waals surface area contributed by atoms with E-state index in [0.717, 1.165) is 27.0 Å².